The van der Waals surface area contributed by atoms with E-state index in [1.54, 1.807) is 13.0 Å². The SMILES string of the molecule is Cc1nc(N(CCCO)C(C)C)cc2n[nH]c(=O)n12. The zero-order chi connectivity index (χ0) is 14.0. The Morgan fingerprint density at radius 1 is 1.53 bits per heavy atom. The Labute approximate surface area is 110 Å². The van der Waals surface area contributed by atoms with Crippen LogP contribution in [0.25, 0.3) is 5.65 Å². The number of fused-ring (bicyclic) bond motifs is 1. The quantitative estimate of drug-likeness (QED) is 0.813. The monoisotopic (exact) mass is 265 g/mol. The van der Waals surface area contributed by atoms with Gasteiger partial charge in [-0.25, -0.2) is 19.3 Å². The molecular weight excluding hydrogens is 246 g/mol. The highest BCUT2D eigenvalue weighted by molar-refractivity contribution is 5.51. The molecule has 0 unspecified atom stereocenters. The van der Waals surface area contributed by atoms with E-state index in [0.717, 1.165) is 5.82 Å². The maximum atomic E-state index is 11.5. The molecule has 0 aliphatic rings. The van der Waals surface area contributed by atoms with E-state index < -0.39 is 0 Å². The van der Waals surface area contributed by atoms with Crippen molar-refractivity contribution < 1.29 is 5.11 Å². The van der Waals surface area contributed by atoms with Gasteiger partial charge in [0.15, 0.2) is 5.65 Å². The van der Waals surface area contributed by atoms with E-state index in [2.05, 4.69) is 33.9 Å². The Hall–Kier alpha value is -1.89. The van der Waals surface area contributed by atoms with Gasteiger partial charge in [0.2, 0.25) is 0 Å². The summed E-state index contributed by atoms with van der Waals surface area (Å²) >= 11 is 0. The summed E-state index contributed by atoms with van der Waals surface area (Å²) in [5, 5.41) is 15.3. The summed E-state index contributed by atoms with van der Waals surface area (Å²) in [6.07, 6.45) is 0.678. The highest BCUT2D eigenvalue weighted by atomic mass is 16.3. The summed E-state index contributed by atoms with van der Waals surface area (Å²) in [6, 6.07) is 2.04. The molecule has 2 aromatic heterocycles. The summed E-state index contributed by atoms with van der Waals surface area (Å²) in [6.45, 7) is 6.76. The van der Waals surface area contributed by atoms with Gasteiger partial charge in [-0.05, 0) is 27.2 Å². The zero-order valence-corrected chi connectivity index (χ0v) is 11.4. The van der Waals surface area contributed by atoms with Gasteiger partial charge >= 0.3 is 5.69 Å². The molecule has 0 amide bonds. The maximum Gasteiger partial charge on any atom is 0.349 e. The third-order valence-electron chi connectivity index (χ3n) is 3.03. The Kier molecular flexibility index (Phi) is 3.84. The normalized spacial score (nSPS) is 11.4. The molecule has 0 aromatic carbocycles. The van der Waals surface area contributed by atoms with Crippen molar-refractivity contribution in [2.75, 3.05) is 18.1 Å². The van der Waals surface area contributed by atoms with Crippen LogP contribution in [0.2, 0.25) is 0 Å². The lowest BCUT2D eigenvalue weighted by atomic mass is 10.3. The first kappa shape index (κ1) is 13.5. The molecule has 19 heavy (non-hydrogen) atoms. The molecule has 0 spiro atoms. The van der Waals surface area contributed by atoms with Crippen molar-refractivity contribution in [3.63, 3.8) is 0 Å². The van der Waals surface area contributed by atoms with Crippen molar-refractivity contribution in [2.24, 2.45) is 0 Å². The number of nitrogens with one attached hydrogen (secondary N) is 1. The van der Waals surface area contributed by atoms with E-state index >= 15 is 0 Å². The second-order valence-electron chi connectivity index (χ2n) is 4.75. The first-order chi connectivity index (χ1) is 9.04. The van der Waals surface area contributed by atoms with Crippen LogP contribution in [0.5, 0.6) is 0 Å². The minimum Gasteiger partial charge on any atom is -0.396 e. The van der Waals surface area contributed by atoms with Crippen LogP contribution in [0.15, 0.2) is 10.9 Å². The van der Waals surface area contributed by atoms with Crippen LogP contribution in [-0.4, -0.2) is 43.9 Å². The number of aliphatic hydroxyl groups excluding tert-OH is 1. The molecule has 104 valence electrons. The molecule has 0 atom stereocenters. The van der Waals surface area contributed by atoms with E-state index in [4.69, 9.17) is 5.11 Å². The molecule has 0 aliphatic heterocycles. The number of anilines is 1. The third-order valence-corrected chi connectivity index (χ3v) is 3.03. The fraction of sp³-hybridized carbons (Fsp3) is 0.583. The summed E-state index contributed by atoms with van der Waals surface area (Å²) in [5.74, 6) is 1.37. The number of aromatic nitrogens is 4. The molecule has 2 heterocycles. The highest BCUT2D eigenvalue weighted by Gasteiger charge is 2.15. The van der Waals surface area contributed by atoms with Gasteiger partial charge in [0.1, 0.15) is 11.6 Å². The predicted octanol–water partition coefficient (Wildman–Crippen LogP) is 0.323. The molecule has 0 saturated heterocycles. The van der Waals surface area contributed by atoms with Crippen molar-refractivity contribution in [1.82, 2.24) is 19.6 Å². The Morgan fingerprint density at radius 2 is 2.26 bits per heavy atom. The van der Waals surface area contributed by atoms with Crippen molar-refractivity contribution in [3.8, 4) is 0 Å². The topological polar surface area (TPSA) is 86.5 Å². The van der Waals surface area contributed by atoms with Crippen molar-refractivity contribution >= 4 is 11.5 Å². The maximum absolute atomic E-state index is 11.5. The van der Waals surface area contributed by atoms with E-state index in [1.807, 2.05) is 0 Å². The third kappa shape index (κ3) is 2.60. The van der Waals surface area contributed by atoms with Crippen molar-refractivity contribution in [1.29, 1.82) is 0 Å². The fourth-order valence-corrected chi connectivity index (χ4v) is 2.11. The van der Waals surface area contributed by atoms with Crippen LogP contribution in [0.1, 0.15) is 26.1 Å². The minimum atomic E-state index is -0.280. The molecule has 0 saturated carbocycles. The number of aliphatic hydroxyl groups is 1. The Bertz CT molecular complexity index is 616. The first-order valence-electron chi connectivity index (χ1n) is 6.37. The fourth-order valence-electron chi connectivity index (χ4n) is 2.11. The number of H-pyrrole nitrogens is 1. The molecule has 2 aromatic rings. The van der Waals surface area contributed by atoms with Crippen LogP contribution in [-0.2, 0) is 0 Å². The summed E-state index contributed by atoms with van der Waals surface area (Å²) in [4.78, 5) is 18.1. The highest BCUT2D eigenvalue weighted by Crippen LogP contribution is 2.16. The second kappa shape index (κ2) is 5.40. The number of aromatic amines is 1. The van der Waals surface area contributed by atoms with E-state index in [-0.39, 0.29) is 18.3 Å². The molecule has 0 bridgehead atoms. The summed E-state index contributed by atoms with van der Waals surface area (Å²) < 4.78 is 1.44. The lowest BCUT2D eigenvalue weighted by Gasteiger charge is -2.27. The van der Waals surface area contributed by atoms with Crippen LogP contribution < -0.4 is 10.6 Å². The average molecular weight is 265 g/mol. The van der Waals surface area contributed by atoms with E-state index in [0.29, 0.717) is 24.4 Å². The van der Waals surface area contributed by atoms with Gasteiger partial charge in [0, 0.05) is 25.3 Å². The molecule has 2 rings (SSSR count). The number of hydrogen-bond acceptors (Lipinski definition) is 5. The van der Waals surface area contributed by atoms with Crippen LogP contribution in [0, 0.1) is 6.92 Å². The number of hydrogen-bond donors (Lipinski definition) is 2. The molecule has 2 N–H and O–H groups in total. The van der Waals surface area contributed by atoms with Gasteiger partial charge in [-0.3, -0.25) is 0 Å². The van der Waals surface area contributed by atoms with Crippen molar-refractivity contribution in [2.45, 2.75) is 33.2 Å². The minimum absolute atomic E-state index is 0.145. The van der Waals surface area contributed by atoms with Crippen LogP contribution in [0.3, 0.4) is 0 Å². The summed E-state index contributed by atoms with van der Waals surface area (Å²) in [5.41, 5.74) is 0.278. The van der Waals surface area contributed by atoms with E-state index in [1.165, 1.54) is 4.40 Å². The predicted molar refractivity (Wildman–Crippen MR) is 72.5 cm³/mol. The number of aryl methyl sites for hydroxylation is 1. The zero-order valence-electron chi connectivity index (χ0n) is 11.4. The van der Waals surface area contributed by atoms with Gasteiger partial charge < -0.3 is 10.0 Å². The molecular formula is C12H19N5O2. The van der Waals surface area contributed by atoms with E-state index in [9.17, 15) is 4.79 Å². The van der Waals surface area contributed by atoms with Gasteiger partial charge in [0.05, 0.1) is 0 Å². The molecule has 0 fully saturated rings. The first-order valence-corrected chi connectivity index (χ1v) is 6.37. The number of rotatable bonds is 5. The van der Waals surface area contributed by atoms with Gasteiger partial charge in [-0.1, -0.05) is 0 Å². The lowest BCUT2D eigenvalue weighted by molar-refractivity contribution is 0.288. The number of nitrogens with zero attached hydrogens (tertiary/aromatic N) is 4. The molecule has 7 heteroatoms. The second-order valence-corrected chi connectivity index (χ2v) is 4.75. The molecule has 0 aliphatic carbocycles. The summed E-state index contributed by atoms with van der Waals surface area (Å²) in [7, 11) is 0. The van der Waals surface area contributed by atoms with Crippen LogP contribution >= 0.6 is 0 Å². The van der Waals surface area contributed by atoms with Crippen molar-refractivity contribution in [3.05, 3.63) is 22.4 Å². The van der Waals surface area contributed by atoms with Gasteiger partial charge in [-0.2, -0.15) is 5.10 Å². The Morgan fingerprint density at radius 3 is 2.89 bits per heavy atom. The standard InChI is InChI=1S/C12H19N5O2/c1-8(2)16(5-4-6-18)10-7-11-14-15-12(19)17(11)9(3)13-10/h7-8,18H,4-6H2,1-3H3,(H,15,19). The molecule has 0 radical (unpaired) electrons. The molecule has 7 nitrogen and oxygen atoms in total. The lowest BCUT2D eigenvalue weighted by Crippen LogP contribution is -2.33. The largest absolute Gasteiger partial charge is 0.396 e. The average Bonchev–Trinajstić information content (AvgIpc) is 2.71. The van der Waals surface area contributed by atoms with Crippen LogP contribution in [0.4, 0.5) is 5.82 Å². The van der Waals surface area contributed by atoms with Gasteiger partial charge in [0.25, 0.3) is 0 Å². The van der Waals surface area contributed by atoms with Gasteiger partial charge in [-0.15, -0.1) is 0 Å². The Balaban J connectivity index is 2.45. The smallest absolute Gasteiger partial charge is 0.349 e.